The Morgan fingerprint density at radius 2 is 2.18 bits per heavy atom. The monoisotopic (exact) mass is 383 g/mol. The van der Waals surface area contributed by atoms with Crippen LogP contribution >= 0.6 is 0 Å². The van der Waals surface area contributed by atoms with E-state index in [1.165, 1.54) is 10.6 Å². The molecule has 0 saturated heterocycles. The lowest BCUT2D eigenvalue weighted by Crippen LogP contribution is -2.37. The van der Waals surface area contributed by atoms with Crippen molar-refractivity contribution in [3.05, 3.63) is 66.4 Å². The molecule has 8 nitrogen and oxygen atoms in total. The highest BCUT2D eigenvalue weighted by molar-refractivity contribution is 5.62. The van der Waals surface area contributed by atoms with Crippen LogP contribution in [-0.2, 0) is 6.42 Å². The van der Waals surface area contributed by atoms with Crippen molar-refractivity contribution in [1.82, 2.24) is 29.5 Å². The smallest absolute Gasteiger partial charge is 0.387 e. The molecule has 5 heterocycles. The van der Waals surface area contributed by atoms with E-state index in [1.54, 1.807) is 43.2 Å². The Balaban J connectivity index is 1.65. The van der Waals surface area contributed by atoms with Crippen LogP contribution in [0.15, 0.2) is 49.3 Å². The van der Waals surface area contributed by atoms with Gasteiger partial charge >= 0.3 is 6.61 Å². The van der Waals surface area contributed by atoms with E-state index in [2.05, 4.69) is 34.7 Å². The lowest BCUT2D eigenvalue weighted by atomic mass is 10.00. The van der Waals surface area contributed by atoms with Crippen LogP contribution in [0.3, 0.4) is 0 Å². The van der Waals surface area contributed by atoms with Crippen molar-refractivity contribution in [2.24, 2.45) is 0 Å². The van der Waals surface area contributed by atoms with Gasteiger partial charge in [0, 0.05) is 37.3 Å². The molecule has 1 atom stereocenters. The van der Waals surface area contributed by atoms with Crippen molar-refractivity contribution in [2.75, 3.05) is 11.4 Å². The molecule has 4 aromatic rings. The predicted octanol–water partition coefficient (Wildman–Crippen LogP) is 2.60. The molecular weight excluding hydrogens is 368 g/mol. The highest BCUT2D eigenvalue weighted by atomic mass is 19.3. The Morgan fingerprint density at radius 3 is 3.00 bits per heavy atom. The van der Waals surface area contributed by atoms with Gasteiger partial charge in [-0.05, 0) is 18.2 Å². The van der Waals surface area contributed by atoms with E-state index in [4.69, 9.17) is 0 Å². The second-order valence-electron chi connectivity index (χ2n) is 6.33. The first kappa shape index (κ1) is 16.6. The maximum atomic E-state index is 12.8. The number of alkyl halides is 2. The van der Waals surface area contributed by atoms with Gasteiger partial charge in [0.05, 0.1) is 23.9 Å². The van der Waals surface area contributed by atoms with E-state index in [0.29, 0.717) is 23.6 Å². The zero-order valence-electron chi connectivity index (χ0n) is 14.5. The first-order valence-corrected chi connectivity index (χ1v) is 8.68. The largest absolute Gasteiger partial charge is 0.433 e. The van der Waals surface area contributed by atoms with Crippen molar-refractivity contribution in [1.29, 1.82) is 0 Å². The fourth-order valence-corrected chi connectivity index (χ4v) is 3.60. The van der Waals surface area contributed by atoms with Crippen molar-refractivity contribution < 1.29 is 13.5 Å². The number of nitrogens with zero attached hydrogens (tertiary/aromatic N) is 6. The molecule has 5 rings (SSSR count). The summed E-state index contributed by atoms with van der Waals surface area (Å²) >= 11 is 0. The SMILES string of the molecule is FC(F)Oc1cccn2nc([C@H]3c4nc[nH]c4CCN3c3cnccn3)cc12. The van der Waals surface area contributed by atoms with E-state index in [-0.39, 0.29) is 11.8 Å². The molecule has 1 N–H and O–H groups in total. The third-order valence-corrected chi connectivity index (χ3v) is 4.75. The van der Waals surface area contributed by atoms with Crippen molar-refractivity contribution in [3.63, 3.8) is 0 Å². The molecule has 0 fully saturated rings. The first-order valence-electron chi connectivity index (χ1n) is 8.68. The number of pyridine rings is 1. The molecule has 1 aliphatic rings. The topological polar surface area (TPSA) is 84.2 Å². The molecule has 0 amide bonds. The van der Waals surface area contributed by atoms with Gasteiger partial charge in [-0.1, -0.05) is 0 Å². The van der Waals surface area contributed by atoms with Crippen LogP contribution < -0.4 is 9.64 Å². The fourth-order valence-electron chi connectivity index (χ4n) is 3.60. The standard InChI is InChI=1S/C18H15F2N7O/c19-18(20)28-14-2-1-6-27-13(14)8-12(25-27)17-16-11(23-10-24-16)3-7-26(17)15-9-21-4-5-22-15/h1-2,4-6,8-10,17-18H,3,7H2,(H,23,24)/t17-/m0/s1. The van der Waals surface area contributed by atoms with Crippen LogP contribution in [0.1, 0.15) is 23.1 Å². The van der Waals surface area contributed by atoms with E-state index in [9.17, 15) is 8.78 Å². The molecule has 0 aromatic carbocycles. The molecule has 142 valence electrons. The second-order valence-corrected chi connectivity index (χ2v) is 6.33. The quantitative estimate of drug-likeness (QED) is 0.583. The predicted molar refractivity (Wildman–Crippen MR) is 95.3 cm³/mol. The van der Waals surface area contributed by atoms with Crippen molar-refractivity contribution in [3.8, 4) is 5.75 Å². The van der Waals surface area contributed by atoms with Gasteiger partial charge in [-0.3, -0.25) is 4.98 Å². The van der Waals surface area contributed by atoms with E-state index >= 15 is 0 Å². The van der Waals surface area contributed by atoms with Gasteiger partial charge in [-0.2, -0.15) is 13.9 Å². The number of rotatable bonds is 4. The molecule has 0 radical (unpaired) electrons. The minimum Gasteiger partial charge on any atom is -0.433 e. The third-order valence-electron chi connectivity index (χ3n) is 4.75. The van der Waals surface area contributed by atoms with Gasteiger partial charge in [-0.25, -0.2) is 14.5 Å². The number of nitrogens with one attached hydrogen (secondary N) is 1. The summed E-state index contributed by atoms with van der Waals surface area (Å²) in [7, 11) is 0. The summed E-state index contributed by atoms with van der Waals surface area (Å²) in [6.45, 7) is -2.22. The number of fused-ring (bicyclic) bond motifs is 2. The summed E-state index contributed by atoms with van der Waals surface area (Å²) in [6, 6.07) is 4.53. The van der Waals surface area contributed by atoms with E-state index in [1.807, 2.05) is 0 Å². The molecular formula is C18H15F2N7O. The van der Waals surface area contributed by atoms with Gasteiger partial charge in [0.1, 0.15) is 17.4 Å². The maximum absolute atomic E-state index is 12.8. The van der Waals surface area contributed by atoms with Gasteiger partial charge in [0.15, 0.2) is 5.75 Å². The Kier molecular flexibility index (Phi) is 3.89. The van der Waals surface area contributed by atoms with Crippen LogP contribution in [0, 0.1) is 0 Å². The number of halogens is 2. The highest BCUT2D eigenvalue weighted by Crippen LogP contribution is 2.36. The Morgan fingerprint density at radius 1 is 1.25 bits per heavy atom. The first-order chi connectivity index (χ1) is 13.7. The number of imidazole rings is 1. The zero-order valence-corrected chi connectivity index (χ0v) is 14.5. The lowest BCUT2D eigenvalue weighted by Gasteiger charge is -2.34. The average Bonchev–Trinajstić information content (AvgIpc) is 3.34. The molecule has 0 spiro atoms. The zero-order chi connectivity index (χ0) is 19.1. The van der Waals surface area contributed by atoms with E-state index in [0.717, 1.165) is 17.8 Å². The van der Waals surface area contributed by atoms with E-state index < -0.39 is 6.61 Å². The number of aromatic nitrogens is 6. The maximum Gasteiger partial charge on any atom is 0.387 e. The number of H-pyrrole nitrogens is 1. The summed E-state index contributed by atoms with van der Waals surface area (Å²) in [6.07, 6.45) is 9.05. The molecule has 1 aliphatic heterocycles. The second kappa shape index (κ2) is 6.55. The minimum atomic E-state index is -2.91. The van der Waals surface area contributed by atoms with Crippen molar-refractivity contribution >= 4 is 11.3 Å². The number of hydrogen-bond donors (Lipinski definition) is 1. The van der Waals surface area contributed by atoms with Gasteiger partial charge in [0.25, 0.3) is 0 Å². The van der Waals surface area contributed by atoms with Crippen LogP contribution in [0.25, 0.3) is 5.52 Å². The van der Waals surface area contributed by atoms with Crippen LogP contribution in [0.2, 0.25) is 0 Å². The molecule has 0 bridgehead atoms. The number of aromatic amines is 1. The Labute approximate surface area is 157 Å². The summed E-state index contributed by atoms with van der Waals surface area (Å²) in [5.41, 5.74) is 2.96. The number of hydrogen-bond acceptors (Lipinski definition) is 6. The summed E-state index contributed by atoms with van der Waals surface area (Å²) in [4.78, 5) is 18.3. The minimum absolute atomic E-state index is 0.0698. The van der Waals surface area contributed by atoms with Gasteiger partial charge in [-0.15, -0.1) is 0 Å². The Bertz CT molecular complexity index is 1110. The van der Waals surface area contributed by atoms with Crippen LogP contribution in [0.5, 0.6) is 5.75 Å². The number of anilines is 1. The molecule has 10 heteroatoms. The van der Waals surface area contributed by atoms with Gasteiger partial charge < -0.3 is 14.6 Å². The summed E-state index contributed by atoms with van der Waals surface area (Å²) in [5, 5.41) is 4.61. The van der Waals surface area contributed by atoms with Crippen LogP contribution in [-0.4, -0.2) is 42.7 Å². The molecule has 0 saturated carbocycles. The Hall–Kier alpha value is -3.56. The normalized spacial score (nSPS) is 16.5. The molecule has 28 heavy (non-hydrogen) atoms. The number of ether oxygens (including phenoxy) is 1. The molecule has 0 unspecified atom stereocenters. The third kappa shape index (κ3) is 2.73. The summed E-state index contributed by atoms with van der Waals surface area (Å²) in [5.74, 6) is 0.766. The average molecular weight is 383 g/mol. The highest BCUT2D eigenvalue weighted by Gasteiger charge is 2.34. The van der Waals surface area contributed by atoms with Crippen molar-refractivity contribution in [2.45, 2.75) is 19.1 Å². The van der Waals surface area contributed by atoms with Crippen LogP contribution in [0.4, 0.5) is 14.6 Å². The molecule has 4 aromatic heterocycles. The van der Waals surface area contributed by atoms with Gasteiger partial charge in [0.2, 0.25) is 0 Å². The summed E-state index contributed by atoms with van der Waals surface area (Å²) < 4.78 is 31.7. The lowest BCUT2D eigenvalue weighted by molar-refractivity contribution is -0.0490. The molecule has 0 aliphatic carbocycles. The fraction of sp³-hybridized carbons (Fsp3) is 0.222.